The van der Waals surface area contributed by atoms with Crippen molar-refractivity contribution in [2.24, 2.45) is 23.2 Å². The largest absolute Gasteiger partial charge is 0.393 e. The molecule has 2 saturated carbocycles. The van der Waals surface area contributed by atoms with Gasteiger partial charge in [-0.15, -0.1) is 0 Å². The fourth-order valence-electron chi connectivity index (χ4n) is 4.48. The van der Waals surface area contributed by atoms with Crippen molar-refractivity contribution in [1.82, 2.24) is 0 Å². The minimum absolute atomic E-state index is 0.122. The summed E-state index contributed by atoms with van der Waals surface area (Å²) in [6.07, 6.45) is 7.66. The molecule has 2 aliphatic carbocycles. The number of fused-ring (bicyclic) bond motifs is 1. The van der Waals surface area contributed by atoms with Crippen LogP contribution in [-0.2, 0) is 0 Å². The maximum atomic E-state index is 10.3. The third-order valence-electron chi connectivity index (χ3n) is 5.50. The smallest absolute Gasteiger partial charge is 0.0658 e. The molecule has 0 bridgehead atoms. The monoisotopic (exact) mass is 265 g/mol. The van der Waals surface area contributed by atoms with Gasteiger partial charge in [0.05, 0.1) is 12.2 Å². The van der Waals surface area contributed by atoms with E-state index in [1.54, 1.807) is 0 Å². The number of nitriles is 1. The molecule has 0 amide bonds. The maximum Gasteiger partial charge on any atom is 0.0658 e. The van der Waals surface area contributed by atoms with Crippen molar-refractivity contribution in [2.75, 3.05) is 0 Å². The zero-order valence-electron chi connectivity index (χ0n) is 13.2. The third kappa shape index (κ3) is 3.14. The van der Waals surface area contributed by atoms with E-state index in [2.05, 4.69) is 19.9 Å². The van der Waals surface area contributed by atoms with Gasteiger partial charge in [0.2, 0.25) is 0 Å². The third-order valence-corrected chi connectivity index (χ3v) is 5.50. The van der Waals surface area contributed by atoms with Crippen molar-refractivity contribution in [3.8, 4) is 6.07 Å². The predicted octanol–water partition coefficient (Wildman–Crippen LogP) is 4.53. The fraction of sp³-hybridized carbons (Fsp3) is 0.941. The molecule has 1 N–H and O–H groups in total. The van der Waals surface area contributed by atoms with Gasteiger partial charge in [-0.3, -0.25) is 0 Å². The van der Waals surface area contributed by atoms with Crippen molar-refractivity contribution >= 4 is 0 Å². The van der Waals surface area contributed by atoms with Gasteiger partial charge < -0.3 is 5.11 Å². The van der Waals surface area contributed by atoms with E-state index in [9.17, 15) is 10.4 Å². The molecule has 2 rings (SSSR count). The number of hydrogen-bond acceptors (Lipinski definition) is 2. The molecule has 0 aromatic carbocycles. The van der Waals surface area contributed by atoms with E-state index in [-0.39, 0.29) is 17.4 Å². The van der Waals surface area contributed by atoms with Crippen LogP contribution in [0.25, 0.3) is 0 Å². The number of rotatable bonds is 2. The van der Waals surface area contributed by atoms with Crippen molar-refractivity contribution in [3.05, 3.63) is 0 Å². The zero-order chi connectivity index (χ0) is 14.5. The molecule has 2 nitrogen and oxygen atoms in total. The van der Waals surface area contributed by atoms with Gasteiger partial charge in [-0.05, 0) is 49.4 Å². The van der Waals surface area contributed by atoms with Crippen LogP contribution in [0.1, 0.15) is 72.6 Å². The highest BCUT2D eigenvalue weighted by Gasteiger charge is 2.51. The minimum atomic E-state index is -0.122. The number of aliphatic hydroxyl groups excluding tert-OH is 1. The van der Waals surface area contributed by atoms with Gasteiger partial charge in [0, 0.05) is 5.92 Å². The van der Waals surface area contributed by atoms with Crippen LogP contribution in [0.5, 0.6) is 0 Å². The van der Waals surface area contributed by atoms with Crippen molar-refractivity contribution < 1.29 is 5.11 Å². The van der Waals surface area contributed by atoms with E-state index in [0.29, 0.717) is 11.8 Å². The van der Waals surface area contributed by atoms with Crippen LogP contribution in [0.3, 0.4) is 0 Å². The number of hydrogen-bond donors (Lipinski definition) is 1. The fourth-order valence-corrected chi connectivity index (χ4v) is 4.48. The molecule has 0 saturated heterocycles. The van der Waals surface area contributed by atoms with Gasteiger partial charge in [-0.25, -0.2) is 0 Å². The molecule has 0 heterocycles. The molecule has 0 aromatic heterocycles. The molecular formula is C17H31NO. The van der Waals surface area contributed by atoms with E-state index < -0.39 is 0 Å². The van der Waals surface area contributed by atoms with Crippen molar-refractivity contribution in [3.63, 3.8) is 0 Å². The quantitative estimate of drug-likeness (QED) is 0.797. The molecule has 2 aliphatic rings. The summed E-state index contributed by atoms with van der Waals surface area (Å²) in [6.45, 7) is 8.46. The lowest BCUT2D eigenvalue weighted by molar-refractivity contribution is 0.0223. The van der Waals surface area contributed by atoms with Gasteiger partial charge in [0.1, 0.15) is 0 Å². The van der Waals surface area contributed by atoms with Crippen LogP contribution >= 0.6 is 0 Å². The Hall–Kier alpha value is -0.550. The molecule has 0 aromatic rings. The SMILES string of the molecule is CC.CCC(C#N)C1CCC2C(O)CCCCC21C. The summed E-state index contributed by atoms with van der Waals surface area (Å²) >= 11 is 0. The maximum absolute atomic E-state index is 10.3. The minimum Gasteiger partial charge on any atom is -0.393 e. The van der Waals surface area contributed by atoms with Crippen LogP contribution in [-0.4, -0.2) is 11.2 Å². The summed E-state index contributed by atoms with van der Waals surface area (Å²) in [5.74, 6) is 1.14. The Bertz CT molecular complexity index is 309. The highest BCUT2D eigenvalue weighted by atomic mass is 16.3. The average Bonchev–Trinajstić information content (AvgIpc) is 2.69. The first kappa shape index (κ1) is 16.5. The Kier molecular flexibility index (Phi) is 6.33. The van der Waals surface area contributed by atoms with Crippen LogP contribution in [0, 0.1) is 34.5 Å². The topological polar surface area (TPSA) is 44.0 Å². The first-order chi connectivity index (χ1) is 9.13. The number of aliphatic hydroxyl groups is 1. The van der Waals surface area contributed by atoms with Crippen LogP contribution in [0.2, 0.25) is 0 Å². The Morgan fingerprint density at radius 3 is 2.53 bits per heavy atom. The normalized spacial score (nSPS) is 39.3. The molecule has 19 heavy (non-hydrogen) atoms. The zero-order valence-corrected chi connectivity index (χ0v) is 13.2. The summed E-state index contributed by atoms with van der Waals surface area (Å²) in [6, 6.07) is 2.51. The lowest BCUT2D eigenvalue weighted by Crippen LogP contribution is -2.36. The second-order valence-corrected chi connectivity index (χ2v) is 6.25. The number of nitrogens with zero attached hydrogens (tertiary/aromatic N) is 1. The van der Waals surface area contributed by atoms with E-state index in [1.165, 1.54) is 12.8 Å². The molecule has 5 atom stereocenters. The van der Waals surface area contributed by atoms with E-state index in [0.717, 1.165) is 32.1 Å². The molecule has 0 spiro atoms. The summed E-state index contributed by atoms with van der Waals surface area (Å²) < 4.78 is 0. The van der Waals surface area contributed by atoms with Gasteiger partial charge in [0.15, 0.2) is 0 Å². The molecule has 2 heteroatoms. The Morgan fingerprint density at radius 1 is 1.26 bits per heavy atom. The summed E-state index contributed by atoms with van der Waals surface area (Å²) in [5.41, 5.74) is 0.215. The highest BCUT2D eigenvalue weighted by molar-refractivity contribution is 5.04. The molecular weight excluding hydrogens is 234 g/mol. The predicted molar refractivity (Wildman–Crippen MR) is 79.5 cm³/mol. The second-order valence-electron chi connectivity index (χ2n) is 6.25. The van der Waals surface area contributed by atoms with Crippen LogP contribution in [0.4, 0.5) is 0 Å². The first-order valence-electron chi connectivity index (χ1n) is 8.21. The van der Waals surface area contributed by atoms with Gasteiger partial charge >= 0.3 is 0 Å². The van der Waals surface area contributed by atoms with Crippen LogP contribution in [0.15, 0.2) is 0 Å². The standard InChI is InChI=1S/C15H25NO.C2H6/c1-3-11(10-16)12-7-8-13-14(17)6-4-5-9-15(12,13)2;1-2/h11-14,17H,3-9H2,1-2H3;1-2H3. The molecule has 5 unspecified atom stereocenters. The molecule has 0 radical (unpaired) electrons. The van der Waals surface area contributed by atoms with Crippen LogP contribution < -0.4 is 0 Å². The van der Waals surface area contributed by atoms with Crippen molar-refractivity contribution in [1.29, 1.82) is 5.26 Å². The van der Waals surface area contributed by atoms with E-state index in [4.69, 9.17) is 0 Å². The van der Waals surface area contributed by atoms with Gasteiger partial charge in [-0.1, -0.05) is 40.5 Å². The Morgan fingerprint density at radius 2 is 1.95 bits per heavy atom. The van der Waals surface area contributed by atoms with Gasteiger partial charge in [0.25, 0.3) is 0 Å². The molecule has 0 aliphatic heterocycles. The summed E-state index contributed by atoms with van der Waals surface area (Å²) in [7, 11) is 0. The first-order valence-corrected chi connectivity index (χ1v) is 8.21. The van der Waals surface area contributed by atoms with Gasteiger partial charge in [-0.2, -0.15) is 5.26 Å². The lowest BCUT2D eigenvalue weighted by atomic mass is 9.65. The lowest BCUT2D eigenvalue weighted by Gasteiger charge is -2.39. The average molecular weight is 265 g/mol. The highest BCUT2D eigenvalue weighted by Crippen LogP contribution is 2.57. The molecule has 2 fully saturated rings. The van der Waals surface area contributed by atoms with Crippen molar-refractivity contribution in [2.45, 2.75) is 78.7 Å². The Labute approximate surface area is 119 Å². The summed E-state index contributed by atoms with van der Waals surface area (Å²) in [5, 5.41) is 19.6. The van der Waals surface area contributed by atoms with E-state index >= 15 is 0 Å². The van der Waals surface area contributed by atoms with E-state index in [1.807, 2.05) is 13.8 Å². The second kappa shape index (κ2) is 7.29. The summed E-state index contributed by atoms with van der Waals surface area (Å²) in [4.78, 5) is 0. The Balaban J connectivity index is 0.000000861. The molecule has 110 valence electrons.